The number of fused-ring (bicyclic) bond motifs is 2. The van der Waals surface area contributed by atoms with Gasteiger partial charge in [0, 0.05) is 31.2 Å². The van der Waals surface area contributed by atoms with Crippen LogP contribution >= 0.6 is 0 Å². The van der Waals surface area contributed by atoms with E-state index in [9.17, 15) is 9.50 Å². The quantitative estimate of drug-likeness (QED) is 0.904. The standard InChI is InChI=1S/C20H23FN2O2/c1-15-7-16(4-5-18(15)25-17-3-2-6-22-8-17)9-23-12-19(14-24)10-20(21,11-19)13-23/h2-8,24H,9-14H2,1H3. The van der Waals surface area contributed by atoms with Gasteiger partial charge < -0.3 is 9.84 Å². The summed E-state index contributed by atoms with van der Waals surface area (Å²) >= 11 is 0. The number of hydrogen-bond donors (Lipinski definition) is 1. The maximum Gasteiger partial charge on any atom is 0.145 e. The molecular weight excluding hydrogens is 319 g/mol. The number of halogens is 1. The van der Waals surface area contributed by atoms with Gasteiger partial charge in [0.2, 0.25) is 0 Å². The molecule has 4 nitrogen and oxygen atoms in total. The van der Waals surface area contributed by atoms with E-state index < -0.39 is 5.67 Å². The highest BCUT2D eigenvalue weighted by Crippen LogP contribution is 2.55. The number of piperidine rings is 2. The molecule has 0 amide bonds. The first-order valence-corrected chi connectivity index (χ1v) is 8.69. The van der Waals surface area contributed by atoms with Gasteiger partial charge in [0.15, 0.2) is 0 Å². The van der Waals surface area contributed by atoms with Gasteiger partial charge in [-0.25, -0.2) is 4.39 Å². The molecule has 0 radical (unpaired) electrons. The molecule has 2 aromatic rings. The normalized spacial score (nSPS) is 28.4. The first kappa shape index (κ1) is 16.5. The third-order valence-electron chi connectivity index (χ3n) is 5.29. The van der Waals surface area contributed by atoms with E-state index in [2.05, 4.69) is 16.0 Å². The molecule has 3 heterocycles. The van der Waals surface area contributed by atoms with Crippen LogP contribution in [0.15, 0.2) is 42.7 Å². The number of alkyl halides is 1. The number of aryl methyl sites for hydroxylation is 1. The molecule has 3 fully saturated rings. The maximum atomic E-state index is 14.5. The number of aliphatic hydroxyl groups is 1. The van der Waals surface area contributed by atoms with Gasteiger partial charge >= 0.3 is 0 Å². The van der Waals surface area contributed by atoms with Crippen LogP contribution in [0.3, 0.4) is 0 Å². The van der Waals surface area contributed by atoms with E-state index >= 15 is 0 Å². The fraction of sp³-hybridized carbons (Fsp3) is 0.450. The second-order valence-corrected chi connectivity index (χ2v) is 7.70. The summed E-state index contributed by atoms with van der Waals surface area (Å²) in [7, 11) is 0. The molecular formula is C20H23FN2O2. The van der Waals surface area contributed by atoms with E-state index in [0.717, 1.165) is 23.4 Å². The van der Waals surface area contributed by atoms with Gasteiger partial charge in [-0.15, -0.1) is 0 Å². The van der Waals surface area contributed by atoms with Gasteiger partial charge in [-0.05, 0) is 49.1 Å². The second-order valence-electron chi connectivity index (χ2n) is 7.70. The van der Waals surface area contributed by atoms with Crippen molar-refractivity contribution in [1.82, 2.24) is 9.88 Å². The van der Waals surface area contributed by atoms with E-state index in [1.54, 1.807) is 12.4 Å². The van der Waals surface area contributed by atoms with Gasteiger partial charge in [-0.1, -0.05) is 12.1 Å². The third-order valence-corrected chi connectivity index (χ3v) is 5.29. The van der Waals surface area contributed by atoms with Crippen LogP contribution in [0.2, 0.25) is 0 Å². The molecule has 0 spiro atoms. The van der Waals surface area contributed by atoms with Crippen LogP contribution in [0, 0.1) is 12.3 Å². The predicted octanol–water partition coefficient (Wildman–Crippen LogP) is 3.48. The summed E-state index contributed by atoms with van der Waals surface area (Å²) in [5.41, 5.74) is 0.828. The first-order chi connectivity index (χ1) is 12.0. The zero-order valence-corrected chi connectivity index (χ0v) is 14.4. The van der Waals surface area contributed by atoms with E-state index in [0.29, 0.717) is 31.7 Å². The molecule has 5 rings (SSSR count). The fourth-order valence-electron chi connectivity index (χ4n) is 4.44. The lowest BCUT2D eigenvalue weighted by molar-refractivity contribution is -0.168. The van der Waals surface area contributed by atoms with Gasteiger partial charge in [0.1, 0.15) is 17.2 Å². The molecule has 0 atom stereocenters. The van der Waals surface area contributed by atoms with Crippen LogP contribution in [0.5, 0.6) is 11.5 Å². The fourth-order valence-corrected chi connectivity index (χ4v) is 4.44. The zero-order chi connectivity index (χ0) is 17.5. The molecule has 2 aliphatic heterocycles. The van der Waals surface area contributed by atoms with Crippen molar-refractivity contribution < 1.29 is 14.2 Å². The van der Waals surface area contributed by atoms with Crippen molar-refractivity contribution in [2.75, 3.05) is 19.7 Å². The topological polar surface area (TPSA) is 45.6 Å². The van der Waals surface area contributed by atoms with E-state index in [1.807, 2.05) is 31.2 Å². The number of nitrogens with zero attached hydrogens (tertiary/aromatic N) is 2. The number of rotatable bonds is 5. The smallest absolute Gasteiger partial charge is 0.145 e. The molecule has 132 valence electrons. The SMILES string of the molecule is Cc1cc(CN2CC3(F)CC(CO)(C2)C3)ccc1Oc1cccnc1. The molecule has 2 bridgehead atoms. The number of aromatic nitrogens is 1. The number of benzene rings is 1. The summed E-state index contributed by atoms with van der Waals surface area (Å²) < 4.78 is 20.4. The minimum absolute atomic E-state index is 0.0755. The van der Waals surface area contributed by atoms with Crippen molar-refractivity contribution in [2.45, 2.75) is 32.0 Å². The maximum absolute atomic E-state index is 14.5. The molecule has 2 saturated heterocycles. The molecule has 1 aliphatic carbocycles. The van der Waals surface area contributed by atoms with Crippen molar-refractivity contribution in [2.24, 2.45) is 5.41 Å². The van der Waals surface area contributed by atoms with Crippen molar-refractivity contribution >= 4 is 0 Å². The average Bonchev–Trinajstić information content (AvgIpc) is 2.57. The molecule has 5 heteroatoms. The Balaban J connectivity index is 1.44. The van der Waals surface area contributed by atoms with Crippen LogP contribution in [-0.4, -0.2) is 40.4 Å². The first-order valence-electron chi connectivity index (χ1n) is 8.69. The van der Waals surface area contributed by atoms with E-state index in [1.165, 1.54) is 0 Å². The summed E-state index contributed by atoms with van der Waals surface area (Å²) in [4.78, 5) is 6.17. The van der Waals surface area contributed by atoms with Crippen molar-refractivity contribution in [1.29, 1.82) is 0 Å². The largest absolute Gasteiger partial charge is 0.455 e. The molecule has 1 saturated carbocycles. The third kappa shape index (κ3) is 3.26. The number of ether oxygens (including phenoxy) is 1. The number of pyridine rings is 1. The summed E-state index contributed by atoms with van der Waals surface area (Å²) in [6.45, 7) is 4.01. The van der Waals surface area contributed by atoms with E-state index in [-0.39, 0.29) is 12.0 Å². The van der Waals surface area contributed by atoms with Gasteiger partial charge in [-0.2, -0.15) is 0 Å². The highest BCUT2D eigenvalue weighted by molar-refractivity contribution is 5.39. The van der Waals surface area contributed by atoms with Gasteiger partial charge in [0.05, 0.1) is 12.8 Å². The molecule has 1 aromatic carbocycles. The Morgan fingerprint density at radius 3 is 2.80 bits per heavy atom. The van der Waals surface area contributed by atoms with Crippen molar-refractivity contribution in [3.63, 3.8) is 0 Å². The van der Waals surface area contributed by atoms with E-state index in [4.69, 9.17) is 4.74 Å². The van der Waals surface area contributed by atoms with Crippen LogP contribution in [0.4, 0.5) is 4.39 Å². The summed E-state index contributed by atoms with van der Waals surface area (Å²) in [6.07, 6.45) is 4.40. The van der Waals surface area contributed by atoms with Crippen molar-refractivity contribution in [3.8, 4) is 11.5 Å². The van der Waals surface area contributed by atoms with Gasteiger partial charge in [0.25, 0.3) is 0 Å². The molecule has 25 heavy (non-hydrogen) atoms. The lowest BCUT2D eigenvalue weighted by atomic mass is 9.57. The monoisotopic (exact) mass is 342 g/mol. The Labute approximate surface area is 147 Å². The zero-order valence-electron chi connectivity index (χ0n) is 14.4. The van der Waals surface area contributed by atoms with Crippen molar-refractivity contribution in [3.05, 3.63) is 53.9 Å². The van der Waals surface area contributed by atoms with Crippen LogP contribution in [0.25, 0.3) is 0 Å². The average molecular weight is 342 g/mol. The Morgan fingerprint density at radius 2 is 2.12 bits per heavy atom. The summed E-state index contributed by atoms with van der Waals surface area (Å²) in [6, 6.07) is 9.77. The highest BCUT2D eigenvalue weighted by atomic mass is 19.1. The summed E-state index contributed by atoms with van der Waals surface area (Å²) in [5, 5.41) is 9.59. The van der Waals surface area contributed by atoms with Crippen LogP contribution in [-0.2, 0) is 6.54 Å². The van der Waals surface area contributed by atoms with Crippen LogP contribution < -0.4 is 4.74 Å². The van der Waals surface area contributed by atoms with Crippen LogP contribution in [0.1, 0.15) is 24.0 Å². The Hall–Kier alpha value is -1.98. The lowest BCUT2D eigenvalue weighted by Crippen LogP contribution is -2.66. The molecule has 3 aliphatic rings. The molecule has 0 unspecified atom stereocenters. The Morgan fingerprint density at radius 1 is 1.28 bits per heavy atom. The van der Waals surface area contributed by atoms with Gasteiger partial charge in [-0.3, -0.25) is 9.88 Å². The molecule has 1 aromatic heterocycles. The second kappa shape index (κ2) is 6.07. The highest BCUT2D eigenvalue weighted by Gasteiger charge is 2.59. The number of hydrogen-bond acceptors (Lipinski definition) is 4. The lowest BCUT2D eigenvalue weighted by Gasteiger charge is -2.59. The minimum atomic E-state index is -1.11. The Bertz CT molecular complexity index is 760. The Kier molecular flexibility index (Phi) is 4.01. The predicted molar refractivity (Wildman–Crippen MR) is 93.4 cm³/mol. The summed E-state index contributed by atoms with van der Waals surface area (Å²) in [5.74, 6) is 1.51. The molecule has 1 N–H and O–H groups in total. The minimum Gasteiger partial charge on any atom is -0.455 e. The number of aliphatic hydroxyl groups excluding tert-OH is 1.